The van der Waals surface area contributed by atoms with Gasteiger partial charge in [0.15, 0.2) is 5.13 Å². The summed E-state index contributed by atoms with van der Waals surface area (Å²) in [4.78, 5) is 18.9. The lowest BCUT2D eigenvalue weighted by Crippen LogP contribution is -2.63. The third-order valence-electron chi connectivity index (χ3n) is 6.06. The maximum atomic E-state index is 12.6. The minimum atomic E-state index is -3.38. The largest absolute Gasteiger partial charge is 0.494 e. The third kappa shape index (κ3) is 4.56. The Morgan fingerprint density at radius 2 is 2.19 bits per heavy atom. The molecule has 11 heteroatoms. The quantitative estimate of drug-likeness (QED) is 0.661. The van der Waals surface area contributed by atoms with Crippen molar-refractivity contribution in [1.82, 2.24) is 14.2 Å². The van der Waals surface area contributed by atoms with E-state index in [0.717, 1.165) is 22.4 Å². The summed E-state index contributed by atoms with van der Waals surface area (Å²) in [5, 5.41) is 14.2. The standard InChI is InChI=1S/C20H28N4O5S2/c1-3-29-14-5-6-15-16(11-14)30-19(21-15)22-18(26)13-23-10-8-20(17(25)12-23)7-4-9-24(20)31(2,27)28/h5-6,11,17,25H,3-4,7-10,12-13H2,1-2H3,(H,21,22,26)/t17-,20-/m0/s1. The van der Waals surface area contributed by atoms with E-state index in [2.05, 4.69) is 10.3 Å². The highest BCUT2D eigenvalue weighted by molar-refractivity contribution is 7.88. The van der Waals surface area contributed by atoms with Crippen molar-refractivity contribution in [2.45, 2.75) is 37.8 Å². The fraction of sp³-hybridized carbons (Fsp3) is 0.600. The van der Waals surface area contributed by atoms with Gasteiger partial charge in [0.25, 0.3) is 0 Å². The van der Waals surface area contributed by atoms with Gasteiger partial charge in [-0.05, 0) is 44.4 Å². The third-order valence-corrected chi connectivity index (χ3v) is 8.35. The van der Waals surface area contributed by atoms with E-state index in [-0.39, 0.29) is 19.0 Å². The highest BCUT2D eigenvalue weighted by atomic mass is 32.2. The molecule has 31 heavy (non-hydrogen) atoms. The molecule has 0 bridgehead atoms. The lowest BCUT2D eigenvalue weighted by molar-refractivity contribution is -0.119. The Bertz CT molecular complexity index is 1070. The molecule has 1 aromatic carbocycles. The van der Waals surface area contributed by atoms with Crippen molar-refractivity contribution in [2.24, 2.45) is 0 Å². The van der Waals surface area contributed by atoms with Crippen molar-refractivity contribution in [3.8, 4) is 5.75 Å². The molecular weight excluding hydrogens is 440 g/mol. The first-order chi connectivity index (χ1) is 14.7. The van der Waals surface area contributed by atoms with Gasteiger partial charge in [-0.2, -0.15) is 4.31 Å². The molecule has 170 valence electrons. The number of hydrogen-bond acceptors (Lipinski definition) is 8. The number of rotatable bonds is 6. The predicted octanol–water partition coefficient (Wildman–Crippen LogP) is 1.49. The number of carbonyl (C=O) groups is 1. The predicted molar refractivity (Wildman–Crippen MR) is 120 cm³/mol. The number of nitrogens with one attached hydrogen (secondary N) is 1. The van der Waals surface area contributed by atoms with Crippen LogP contribution in [-0.4, -0.2) is 84.3 Å². The fourth-order valence-electron chi connectivity index (χ4n) is 4.70. The Morgan fingerprint density at radius 3 is 2.90 bits per heavy atom. The molecule has 2 N–H and O–H groups in total. The van der Waals surface area contributed by atoms with E-state index in [1.54, 1.807) is 0 Å². The summed E-state index contributed by atoms with van der Waals surface area (Å²) in [5.41, 5.74) is 0.0486. The minimum Gasteiger partial charge on any atom is -0.494 e. The van der Waals surface area contributed by atoms with Crippen LogP contribution in [0.5, 0.6) is 5.75 Å². The highest BCUT2D eigenvalue weighted by Gasteiger charge is 2.52. The Balaban J connectivity index is 1.37. The van der Waals surface area contributed by atoms with Crippen molar-refractivity contribution < 1.29 is 23.1 Å². The zero-order chi connectivity index (χ0) is 22.2. The molecule has 2 fully saturated rings. The number of ether oxygens (including phenoxy) is 1. The molecule has 9 nitrogen and oxygen atoms in total. The number of hydrogen-bond donors (Lipinski definition) is 2. The van der Waals surface area contributed by atoms with Crippen LogP contribution < -0.4 is 10.1 Å². The number of aliphatic hydroxyl groups is 1. The number of aromatic nitrogens is 1. The van der Waals surface area contributed by atoms with Crippen LogP contribution in [0.3, 0.4) is 0 Å². The SMILES string of the molecule is CCOc1ccc2nc(NC(=O)CN3CC[C@@]4(CCCN4S(C)(=O)=O)[C@@H](O)C3)sc2c1. The average molecular weight is 469 g/mol. The molecule has 2 aliphatic heterocycles. The van der Waals surface area contributed by atoms with Gasteiger partial charge in [0.05, 0.1) is 41.3 Å². The molecule has 0 radical (unpaired) electrons. The first kappa shape index (κ1) is 22.4. The van der Waals surface area contributed by atoms with Crippen molar-refractivity contribution in [2.75, 3.05) is 44.4 Å². The lowest BCUT2D eigenvalue weighted by atomic mass is 9.83. The van der Waals surface area contributed by atoms with E-state index in [0.29, 0.717) is 37.7 Å². The smallest absolute Gasteiger partial charge is 0.240 e. The zero-order valence-electron chi connectivity index (χ0n) is 17.7. The van der Waals surface area contributed by atoms with Gasteiger partial charge in [-0.3, -0.25) is 9.69 Å². The van der Waals surface area contributed by atoms with Crippen LogP contribution >= 0.6 is 11.3 Å². The van der Waals surface area contributed by atoms with E-state index in [1.165, 1.54) is 21.9 Å². The number of likely N-dealkylation sites (tertiary alicyclic amines) is 1. The van der Waals surface area contributed by atoms with Crippen LogP contribution in [0.15, 0.2) is 18.2 Å². The molecule has 1 spiro atoms. The number of piperidine rings is 1. The van der Waals surface area contributed by atoms with Crippen LogP contribution in [-0.2, 0) is 14.8 Å². The van der Waals surface area contributed by atoms with E-state index in [9.17, 15) is 18.3 Å². The van der Waals surface area contributed by atoms with E-state index >= 15 is 0 Å². The molecule has 2 aliphatic rings. The number of thiazole rings is 1. The van der Waals surface area contributed by atoms with E-state index in [4.69, 9.17) is 4.74 Å². The molecule has 2 atom stereocenters. The Hall–Kier alpha value is -1.79. The fourth-order valence-corrected chi connectivity index (χ4v) is 7.04. The van der Waals surface area contributed by atoms with Crippen LogP contribution in [0, 0.1) is 0 Å². The van der Waals surface area contributed by atoms with Gasteiger partial charge in [-0.25, -0.2) is 13.4 Å². The normalized spacial score (nSPS) is 25.3. The molecule has 0 aliphatic carbocycles. The second-order valence-corrected chi connectivity index (χ2v) is 11.1. The van der Waals surface area contributed by atoms with E-state index in [1.807, 2.05) is 30.0 Å². The molecule has 4 rings (SSSR count). The summed E-state index contributed by atoms with van der Waals surface area (Å²) in [5.74, 6) is 0.557. The van der Waals surface area contributed by atoms with E-state index < -0.39 is 21.7 Å². The number of nitrogens with zero attached hydrogens (tertiary/aromatic N) is 3. The van der Waals surface area contributed by atoms with Crippen molar-refractivity contribution in [1.29, 1.82) is 0 Å². The molecule has 3 heterocycles. The Labute approximate surface area is 186 Å². The van der Waals surface area contributed by atoms with Crippen molar-refractivity contribution in [3.63, 3.8) is 0 Å². The number of amides is 1. The Kier molecular flexibility index (Phi) is 6.23. The van der Waals surface area contributed by atoms with Crippen LogP contribution in [0.4, 0.5) is 5.13 Å². The minimum absolute atomic E-state index is 0.117. The monoisotopic (exact) mass is 468 g/mol. The maximum absolute atomic E-state index is 12.6. The van der Waals surface area contributed by atoms with Gasteiger partial charge in [-0.15, -0.1) is 0 Å². The summed E-state index contributed by atoms with van der Waals surface area (Å²) in [6.45, 7) is 3.88. The van der Waals surface area contributed by atoms with Crippen LogP contribution in [0.2, 0.25) is 0 Å². The number of carbonyl (C=O) groups excluding carboxylic acids is 1. The van der Waals surface area contributed by atoms with Crippen molar-refractivity contribution >= 4 is 42.6 Å². The topological polar surface area (TPSA) is 112 Å². The van der Waals surface area contributed by atoms with Crippen LogP contribution in [0.1, 0.15) is 26.2 Å². The molecule has 1 aromatic heterocycles. The summed E-state index contributed by atoms with van der Waals surface area (Å²) < 4.78 is 32.2. The second kappa shape index (κ2) is 8.62. The van der Waals surface area contributed by atoms with Gasteiger partial charge >= 0.3 is 0 Å². The number of anilines is 1. The van der Waals surface area contributed by atoms with Gasteiger partial charge in [0.1, 0.15) is 5.75 Å². The van der Waals surface area contributed by atoms with Gasteiger partial charge in [-0.1, -0.05) is 11.3 Å². The van der Waals surface area contributed by atoms with Crippen molar-refractivity contribution in [3.05, 3.63) is 18.2 Å². The second-order valence-electron chi connectivity index (χ2n) is 8.17. The number of β-amino-alcohol motifs (C(OH)–C–C–N with tert-alkyl or cyclic N) is 1. The molecule has 0 unspecified atom stereocenters. The molecule has 0 saturated carbocycles. The number of benzene rings is 1. The summed E-state index contributed by atoms with van der Waals surface area (Å²) >= 11 is 1.38. The first-order valence-corrected chi connectivity index (χ1v) is 13.1. The molecule has 2 saturated heterocycles. The molecule has 2 aromatic rings. The lowest BCUT2D eigenvalue weighted by Gasteiger charge is -2.47. The number of aliphatic hydroxyl groups excluding tert-OH is 1. The average Bonchev–Trinajstić information content (AvgIpc) is 3.29. The van der Waals surface area contributed by atoms with Gasteiger partial charge in [0.2, 0.25) is 15.9 Å². The number of sulfonamides is 1. The zero-order valence-corrected chi connectivity index (χ0v) is 19.3. The summed E-state index contributed by atoms with van der Waals surface area (Å²) in [6.07, 6.45) is 2.27. The molecular formula is C20H28N4O5S2. The van der Waals surface area contributed by atoms with Gasteiger partial charge < -0.3 is 15.2 Å². The first-order valence-electron chi connectivity index (χ1n) is 10.4. The molecule has 1 amide bonds. The summed E-state index contributed by atoms with van der Waals surface area (Å²) in [6, 6.07) is 5.62. The highest BCUT2D eigenvalue weighted by Crippen LogP contribution is 2.40. The van der Waals surface area contributed by atoms with Crippen LogP contribution in [0.25, 0.3) is 10.2 Å². The summed E-state index contributed by atoms with van der Waals surface area (Å²) in [7, 11) is -3.38. The van der Waals surface area contributed by atoms with Gasteiger partial charge in [0, 0.05) is 19.6 Å². The Morgan fingerprint density at radius 1 is 1.39 bits per heavy atom. The maximum Gasteiger partial charge on any atom is 0.240 e. The number of fused-ring (bicyclic) bond motifs is 1.